The van der Waals surface area contributed by atoms with Gasteiger partial charge in [0.2, 0.25) is 5.91 Å². The number of fused-ring (bicyclic) bond motifs is 1. The van der Waals surface area contributed by atoms with E-state index in [0.29, 0.717) is 32.5 Å². The number of rotatable bonds is 7. The standard InChI is InChI=1S/C23H27F2N9O3/c1-32(2)8-5-27-21(35)13-3-6-33(7-4-13)17-9-16(28-11-15(17)25)22(36)30-23(37)18-19(26)31-34-12-14(24)10-29-20(18)34/h9-13H,3-8H2,1-2H3,(H2,26,31)(H,27,35)(H,30,36,37). The van der Waals surface area contributed by atoms with Gasteiger partial charge in [-0.1, -0.05) is 0 Å². The average Bonchev–Trinajstić information content (AvgIpc) is 3.18. The van der Waals surface area contributed by atoms with Crippen LogP contribution in [0.2, 0.25) is 0 Å². The topological polar surface area (TPSA) is 151 Å². The van der Waals surface area contributed by atoms with Gasteiger partial charge in [0, 0.05) is 32.1 Å². The number of imide groups is 1. The average molecular weight is 516 g/mol. The number of nitrogens with zero attached hydrogens (tertiary/aromatic N) is 6. The lowest BCUT2D eigenvalue weighted by Gasteiger charge is -2.33. The summed E-state index contributed by atoms with van der Waals surface area (Å²) in [5.41, 5.74) is 5.47. The van der Waals surface area contributed by atoms with Gasteiger partial charge in [-0.2, -0.15) is 0 Å². The molecule has 0 unspecified atom stereocenters. The fourth-order valence-corrected chi connectivity index (χ4v) is 4.10. The Morgan fingerprint density at radius 2 is 1.86 bits per heavy atom. The van der Waals surface area contributed by atoms with Crippen molar-refractivity contribution in [1.29, 1.82) is 0 Å². The monoisotopic (exact) mass is 515 g/mol. The molecule has 0 spiro atoms. The molecule has 1 saturated heterocycles. The molecule has 3 aromatic rings. The predicted octanol–water partition coefficient (Wildman–Crippen LogP) is 0.449. The molecule has 3 aromatic heterocycles. The minimum Gasteiger partial charge on any atom is -0.381 e. The Kier molecular flexibility index (Phi) is 7.57. The van der Waals surface area contributed by atoms with E-state index in [4.69, 9.17) is 5.73 Å². The number of piperidine rings is 1. The minimum absolute atomic E-state index is 0.0283. The summed E-state index contributed by atoms with van der Waals surface area (Å²) < 4.78 is 29.0. The summed E-state index contributed by atoms with van der Waals surface area (Å²) in [5.74, 6) is -3.57. The third-order valence-electron chi connectivity index (χ3n) is 6.05. The highest BCUT2D eigenvalue weighted by Gasteiger charge is 2.28. The summed E-state index contributed by atoms with van der Waals surface area (Å²) in [7, 11) is 3.85. The third-order valence-corrected chi connectivity index (χ3v) is 6.05. The molecule has 37 heavy (non-hydrogen) atoms. The van der Waals surface area contributed by atoms with Crippen LogP contribution >= 0.6 is 0 Å². The Bertz CT molecular complexity index is 1340. The van der Waals surface area contributed by atoms with Gasteiger partial charge in [-0.25, -0.2) is 23.3 Å². The van der Waals surface area contributed by atoms with Crippen LogP contribution in [-0.2, 0) is 4.79 Å². The first kappa shape index (κ1) is 25.9. The molecule has 3 amide bonds. The number of pyridine rings is 1. The number of halogens is 2. The summed E-state index contributed by atoms with van der Waals surface area (Å²) in [6.07, 6.45) is 3.83. The molecule has 196 valence electrons. The van der Waals surface area contributed by atoms with Gasteiger partial charge in [-0.3, -0.25) is 19.7 Å². The van der Waals surface area contributed by atoms with E-state index in [9.17, 15) is 23.2 Å². The number of anilines is 2. The van der Waals surface area contributed by atoms with Crippen LogP contribution in [0.1, 0.15) is 33.7 Å². The summed E-state index contributed by atoms with van der Waals surface area (Å²) in [5, 5.41) is 8.88. The van der Waals surface area contributed by atoms with E-state index in [1.165, 1.54) is 6.07 Å². The number of hydrogen-bond acceptors (Lipinski definition) is 9. The predicted molar refractivity (Wildman–Crippen MR) is 130 cm³/mol. The molecule has 0 aliphatic carbocycles. The van der Waals surface area contributed by atoms with Gasteiger partial charge in [-0.05, 0) is 33.0 Å². The van der Waals surface area contributed by atoms with Crippen LogP contribution in [0.15, 0.2) is 24.7 Å². The maximum atomic E-state index is 14.6. The number of nitrogen functional groups attached to an aromatic ring is 1. The number of nitrogens with one attached hydrogen (secondary N) is 2. The zero-order chi connectivity index (χ0) is 26.7. The second-order valence-electron chi connectivity index (χ2n) is 8.96. The van der Waals surface area contributed by atoms with Crippen LogP contribution in [0.4, 0.5) is 20.3 Å². The first-order chi connectivity index (χ1) is 17.6. The third kappa shape index (κ3) is 5.80. The summed E-state index contributed by atoms with van der Waals surface area (Å²) in [6, 6.07) is 1.25. The van der Waals surface area contributed by atoms with Crippen LogP contribution in [-0.4, -0.2) is 82.5 Å². The molecule has 0 aromatic carbocycles. The lowest BCUT2D eigenvalue weighted by atomic mass is 9.95. The zero-order valence-corrected chi connectivity index (χ0v) is 20.4. The van der Waals surface area contributed by atoms with Crippen LogP contribution in [0.25, 0.3) is 5.65 Å². The number of nitrogens with two attached hydrogens (primary N) is 1. The second-order valence-corrected chi connectivity index (χ2v) is 8.96. The minimum atomic E-state index is -0.912. The molecule has 12 nitrogen and oxygen atoms in total. The molecule has 0 radical (unpaired) electrons. The molecular formula is C23H27F2N9O3. The van der Waals surface area contributed by atoms with Crippen molar-refractivity contribution >= 4 is 34.9 Å². The molecule has 4 N–H and O–H groups in total. The Balaban J connectivity index is 1.41. The highest BCUT2D eigenvalue weighted by Crippen LogP contribution is 2.26. The first-order valence-electron chi connectivity index (χ1n) is 11.6. The molecule has 1 aliphatic heterocycles. The Morgan fingerprint density at radius 3 is 2.57 bits per heavy atom. The van der Waals surface area contributed by atoms with Gasteiger partial charge in [0.15, 0.2) is 23.1 Å². The molecule has 4 rings (SSSR count). The van der Waals surface area contributed by atoms with Crippen molar-refractivity contribution in [1.82, 2.24) is 35.1 Å². The van der Waals surface area contributed by atoms with Crippen molar-refractivity contribution in [2.75, 3.05) is 50.9 Å². The van der Waals surface area contributed by atoms with Crippen LogP contribution in [0.5, 0.6) is 0 Å². The van der Waals surface area contributed by atoms with E-state index >= 15 is 0 Å². The number of amides is 3. The fourth-order valence-electron chi connectivity index (χ4n) is 4.10. The van der Waals surface area contributed by atoms with Crippen LogP contribution < -0.4 is 21.3 Å². The van der Waals surface area contributed by atoms with Gasteiger partial charge >= 0.3 is 0 Å². The summed E-state index contributed by atoms with van der Waals surface area (Å²) >= 11 is 0. The number of aromatic nitrogens is 4. The van der Waals surface area contributed by atoms with Gasteiger partial charge in [0.25, 0.3) is 11.8 Å². The van der Waals surface area contributed by atoms with Crippen molar-refractivity contribution in [2.24, 2.45) is 5.92 Å². The lowest BCUT2D eigenvalue weighted by molar-refractivity contribution is -0.125. The van der Waals surface area contributed by atoms with E-state index in [-0.39, 0.29) is 40.2 Å². The fraction of sp³-hybridized carbons (Fsp3) is 0.391. The van der Waals surface area contributed by atoms with Crippen molar-refractivity contribution in [3.8, 4) is 0 Å². The SMILES string of the molecule is CN(C)CCNC(=O)C1CCN(c2cc(C(=O)NC(=O)c3c(N)nn4cc(F)cnc34)ncc2F)CC1. The summed E-state index contributed by atoms with van der Waals surface area (Å²) in [4.78, 5) is 49.2. The Labute approximate surface area is 210 Å². The van der Waals surface area contributed by atoms with E-state index in [1.54, 1.807) is 4.90 Å². The maximum Gasteiger partial charge on any atom is 0.276 e. The molecule has 4 heterocycles. The Morgan fingerprint density at radius 1 is 1.14 bits per heavy atom. The quantitative estimate of drug-likeness (QED) is 0.381. The highest BCUT2D eigenvalue weighted by molar-refractivity contribution is 6.14. The van der Waals surface area contributed by atoms with E-state index in [1.807, 2.05) is 19.0 Å². The van der Waals surface area contributed by atoms with Gasteiger partial charge in [-0.15, -0.1) is 5.10 Å². The van der Waals surface area contributed by atoms with Gasteiger partial charge in [0.1, 0.15) is 11.3 Å². The van der Waals surface area contributed by atoms with Gasteiger partial charge < -0.3 is 20.9 Å². The van der Waals surface area contributed by atoms with E-state index in [2.05, 4.69) is 25.7 Å². The molecule has 0 saturated carbocycles. The van der Waals surface area contributed by atoms with Crippen LogP contribution in [0.3, 0.4) is 0 Å². The molecule has 1 aliphatic rings. The number of carbonyl (C=O) groups is 3. The van der Waals surface area contributed by atoms with Crippen LogP contribution in [0, 0.1) is 17.6 Å². The van der Waals surface area contributed by atoms with Crippen molar-refractivity contribution in [3.05, 3.63) is 47.5 Å². The number of hydrogen-bond donors (Lipinski definition) is 3. The largest absolute Gasteiger partial charge is 0.381 e. The maximum absolute atomic E-state index is 14.6. The molecule has 0 atom stereocenters. The highest BCUT2D eigenvalue weighted by atomic mass is 19.1. The van der Waals surface area contributed by atoms with Gasteiger partial charge in [0.05, 0.1) is 24.3 Å². The molecule has 0 bridgehead atoms. The van der Waals surface area contributed by atoms with Crippen molar-refractivity contribution in [3.63, 3.8) is 0 Å². The Hall–Kier alpha value is -4.20. The molecule has 14 heteroatoms. The zero-order valence-electron chi connectivity index (χ0n) is 20.4. The van der Waals surface area contributed by atoms with Crippen molar-refractivity contribution < 1.29 is 23.2 Å². The normalized spacial score (nSPS) is 14.2. The number of carbonyl (C=O) groups excluding carboxylic acids is 3. The van der Waals surface area contributed by atoms with Crippen molar-refractivity contribution in [2.45, 2.75) is 12.8 Å². The molecule has 1 fully saturated rings. The first-order valence-corrected chi connectivity index (χ1v) is 11.6. The molecular weight excluding hydrogens is 488 g/mol. The second kappa shape index (κ2) is 10.8. The van der Waals surface area contributed by atoms with E-state index in [0.717, 1.165) is 29.7 Å². The lowest BCUT2D eigenvalue weighted by Crippen LogP contribution is -2.42. The number of likely N-dealkylation sites (N-methyl/N-ethyl adjacent to an activating group) is 1. The summed E-state index contributed by atoms with van der Waals surface area (Å²) in [6.45, 7) is 2.11. The smallest absolute Gasteiger partial charge is 0.276 e. The van der Waals surface area contributed by atoms with E-state index < -0.39 is 23.4 Å².